The number of benzene rings is 2. The van der Waals surface area contributed by atoms with Gasteiger partial charge < -0.3 is 29.4 Å². The van der Waals surface area contributed by atoms with Crippen molar-refractivity contribution in [2.75, 3.05) is 32.6 Å². The highest BCUT2D eigenvalue weighted by atomic mass is 16.5. The van der Waals surface area contributed by atoms with Gasteiger partial charge in [0.05, 0.1) is 38.7 Å². The van der Waals surface area contributed by atoms with Crippen LogP contribution in [0.25, 0.3) is 10.9 Å². The molecule has 0 aliphatic carbocycles. The van der Waals surface area contributed by atoms with Crippen molar-refractivity contribution in [3.05, 3.63) is 66.4 Å². The Labute approximate surface area is 202 Å². The van der Waals surface area contributed by atoms with Gasteiger partial charge in [-0.25, -0.2) is 0 Å². The first-order valence-electron chi connectivity index (χ1n) is 11.8. The maximum Gasteiger partial charge on any atom is 0.231 e. The number of hydrogen-bond donors (Lipinski definition) is 2. The van der Waals surface area contributed by atoms with E-state index in [1.165, 1.54) is 10.9 Å². The molecule has 1 spiro atoms. The number of rotatable bonds is 7. The molecule has 35 heavy (non-hydrogen) atoms. The van der Waals surface area contributed by atoms with Gasteiger partial charge in [-0.05, 0) is 18.1 Å². The van der Waals surface area contributed by atoms with Crippen LogP contribution in [-0.2, 0) is 20.7 Å². The molecule has 3 aliphatic heterocycles. The first-order valence-corrected chi connectivity index (χ1v) is 11.8. The van der Waals surface area contributed by atoms with E-state index in [9.17, 15) is 9.59 Å². The van der Waals surface area contributed by atoms with Crippen molar-refractivity contribution in [1.82, 2.24) is 9.88 Å². The Hall–Kier alpha value is -3.78. The molecule has 6 rings (SSSR count). The molecule has 3 aliphatic rings. The molecule has 8 heteroatoms. The van der Waals surface area contributed by atoms with Crippen LogP contribution in [0.15, 0.2) is 60.8 Å². The molecule has 2 aromatic carbocycles. The summed E-state index contributed by atoms with van der Waals surface area (Å²) in [6.07, 6.45) is 6.22. The molecular weight excluding hydrogens is 446 g/mol. The lowest BCUT2D eigenvalue weighted by atomic mass is 9.77. The molecule has 0 radical (unpaired) electrons. The quantitative estimate of drug-likeness (QED) is 0.515. The molecule has 8 nitrogen and oxygen atoms in total. The van der Waals surface area contributed by atoms with E-state index in [0.717, 1.165) is 11.9 Å². The predicted molar refractivity (Wildman–Crippen MR) is 130 cm³/mol. The van der Waals surface area contributed by atoms with Gasteiger partial charge in [-0.1, -0.05) is 30.4 Å². The van der Waals surface area contributed by atoms with Crippen molar-refractivity contribution < 1.29 is 23.8 Å². The van der Waals surface area contributed by atoms with Crippen molar-refractivity contribution in [3.8, 4) is 11.5 Å². The predicted octanol–water partition coefficient (Wildman–Crippen LogP) is 3.15. The lowest BCUT2D eigenvalue weighted by Crippen LogP contribution is -2.41. The Balaban J connectivity index is 1.20. The second-order valence-electron chi connectivity index (χ2n) is 9.36. The SMILES string of the molecule is COc1cc(NC(=O)[C@@H]2[C@H]3C(=O)N(CCc4c[nH]c5ccccc45)C[C@@]34C=C[C@H]2O4)cc(OC)c1. The summed E-state index contributed by atoms with van der Waals surface area (Å²) < 4.78 is 16.9. The third kappa shape index (κ3) is 3.47. The average Bonchev–Trinajstić information content (AvgIpc) is 3.62. The minimum absolute atomic E-state index is 0.0277. The summed E-state index contributed by atoms with van der Waals surface area (Å²) in [6.45, 7) is 1.03. The van der Waals surface area contributed by atoms with E-state index in [2.05, 4.69) is 16.4 Å². The first-order chi connectivity index (χ1) is 17.0. The average molecular weight is 474 g/mol. The van der Waals surface area contributed by atoms with E-state index >= 15 is 0 Å². The fourth-order valence-corrected chi connectivity index (χ4v) is 5.77. The summed E-state index contributed by atoms with van der Waals surface area (Å²) in [4.78, 5) is 32.1. The zero-order valence-corrected chi connectivity index (χ0v) is 19.6. The number of ether oxygens (including phenoxy) is 3. The Morgan fingerprint density at radius 1 is 1.20 bits per heavy atom. The number of fused-ring (bicyclic) bond motifs is 2. The van der Waals surface area contributed by atoms with Crippen molar-refractivity contribution in [1.29, 1.82) is 0 Å². The summed E-state index contributed by atoms with van der Waals surface area (Å²) in [5.74, 6) is -0.259. The Kier molecular flexibility index (Phi) is 5.07. The number of aromatic amines is 1. The summed E-state index contributed by atoms with van der Waals surface area (Å²) in [6, 6.07) is 13.3. The van der Waals surface area contributed by atoms with Crippen LogP contribution in [-0.4, -0.2) is 60.7 Å². The lowest BCUT2D eigenvalue weighted by molar-refractivity contribution is -0.135. The van der Waals surface area contributed by atoms with Crippen LogP contribution < -0.4 is 14.8 Å². The van der Waals surface area contributed by atoms with E-state index in [1.54, 1.807) is 32.4 Å². The molecule has 4 heterocycles. The number of hydrogen-bond acceptors (Lipinski definition) is 5. The molecule has 2 amide bonds. The van der Waals surface area contributed by atoms with Crippen LogP contribution in [0.5, 0.6) is 11.5 Å². The second kappa shape index (κ2) is 8.16. The molecule has 0 unspecified atom stereocenters. The number of H-pyrrole nitrogens is 1. The number of likely N-dealkylation sites (tertiary alicyclic amines) is 1. The van der Waals surface area contributed by atoms with Crippen LogP contribution in [0.3, 0.4) is 0 Å². The highest BCUT2D eigenvalue weighted by Crippen LogP contribution is 2.52. The third-order valence-corrected chi connectivity index (χ3v) is 7.43. The van der Waals surface area contributed by atoms with Crippen LogP contribution in [0.2, 0.25) is 0 Å². The Morgan fingerprint density at radius 3 is 2.74 bits per heavy atom. The minimum Gasteiger partial charge on any atom is -0.497 e. The van der Waals surface area contributed by atoms with E-state index < -0.39 is 23.5 Å². The molecule has 0 saturated carbocycles. The van der Waals surface area contributed by atoms with E-state index in [-0.39, 0.29) is 11.8 Å². The Bertz CT molecular complexity index is 1330. The molecule has 3 aromatic rings. The lowest BCUT2D eigenvalue weighted by Gasteiger charge is -2.23. The molecule has 4 atom stereocenters. The molecule has 2 saturated heterocycles. The van der Waals surface area contributed by atoms with Gasteiger partial charge in [-0.2, -0.15) is 0 Å². The van der Waals surface area contributed by atoms with Gasteiger partial charge in [0.15, 0.2) is 0 Å². The van der Waals surface area contributed by atoms with Gasteiger partial charge >= 0.3 is 0 Å². The van der Waals surface area contributed by atoms with Gasteiger partial charge in [0, 0.05) is 47.5 Å². The highest BCUT2D eigenvalue weighted by molar-refractivity contribution is 5.99. The number of carbonyl (C=O) groups is 2. The van der Waals surface area contributed by atoms with Gasteiger partial charge in [-0.3, -0.25) is 9.59 Å². The number of amides is 2. The first kappa shape index (κ1) is 21.7. The van der Waals surface area contributed by atoms with Crippen LogP contribution in [0, 0.1) is 11.8 Å². The number of aromatic nitrogens is 1. The van der Waals surface area contributed by atoms with E-state index in [4.69, 9.17) is 14.2 Å². The smallest absolute Gasteiger partial charge is 0.231 e. The maximum atomic E-state index is 13.5. The summed E-state index contributed by atoms with van der Waals surface area (Å²) in [7, 11) is 3.11. The normalized spacial score (nSPS) is 26.4. The molecule has 2 fully saturated rings. The van der Waals surface area contributed by atoms with Gasteiger partial charge in [0.1, 0.15) is 17.1 Å². The van der Waals surface area contributed by atoms with Crippen LogP contribution >= 0.6 is 0 Å². The summed E-state index contributed by atoms with van der Waals surface area (Å²) >= 11 is 0. The van der Waals surface area contributed by atoms with Crippen LogP contribution in [0.1, 0.15) is 5.56 Å². The number of methoxy groups -OCH3 is 2. The summed E-state index contributed by atoms with van der Waals surface area (Å²) in [5, 5.41) is 4.12. The standard InChI is InChI=1S/C27H27N3O5/c1-33-18-11-17(12-19(13-18)34-2)29-25(31)23-22-7-9-27(35-22)15-30(26(32)24(23)27)10-8-16-14-28-21-6-4-3-5-20(16)21/h3-7,9,11-14,22-24,28H,8,10,15H2,1-2H3,(H,29,31)/t22-,23+,24+,27+/m1/s1. The summed E-state index contributed by atoms with van der Waals surface area (Å²) in [5.41, 5.74) is 2.07. The van der Waals surface area contributed by atoms with Gasteiger partial charge in [0.25, 0.3) is 0 Å². The number of nitrogens with one attached hydrogen (secondary N) is 2. The largest absolute Gasteiger partial charge is 0.497 e. The fourth-order valence-electron chi connectivity index (χ4n) is 5.77. The fraction of sp³-hybridized carbons (Fsp3) is 0.333. The molecule has 2 bridgehead atoms. The minimum atomic E-state index is -0.740. The molecule has 1 aromatic heterocycles. The van der Waals surface area contributed by atoms with E-state index in [0.29, 0.717) is 30.3 Å². The maximum absolute atomic E-state index is 13.5. The molecule has 2 N–H and O–H groups in total. The van der Waals surface area contributed by atoms with Gasteiger partial charge in [-0.15, -0.1) is 0 Å². The zero-order chi connectivity index (χ0) is 24.2. The topological polar surface area (TPSA) is 92.9 Å². The van der Waals surface area contributed by atoms with Crippen molar-refractivity contribution >= 4 is 28.4 Å². The monoisotopic (exact) mass is 473 g/mol. The highest BCUT2D eigenvalue weighted by Gasteiger charge is 2.66. The molecule has 180 valence electrons. The van der Waals surface area contributed by atoms with Gasteiger partial charge in [0.2, 0.25) is 11.8 Å². The molecular formula is C27H27N3O5. The number of para-hydroxylation sites is 1. The van der Waals surface area contributed by atoms with Crippen LogP contribution in [0.4, 0.5) is 5.69 Å². The van der Waals surface area contributed by atoms with Crippen molar-refractivity contribution in [3.63, 3.8) is 0 Å². The van der Waals surface area contributed by atoms with Crippen molar-refractivity contribution in [2.45, 2.75) is 18.1 Å². The number of carbonyl (C=O) groups excluding carboxylic acids is 2. The number of nitrogens with zero attached hydrogens (tertiary/aromatic N) is 1. The number of anilines is 1. The third-order valence-electron chi connectivity index (χ3n) is 7.43. The second-order valence-corrected chi connectivity index (χ2v) is 9.36. The van der Waals surface area contributed by atoms with Crippen molar-refractivity contribution in [2.24, 2.45) is 11.8 Å². The zero-order valence-electron chi connectivity index (χ0n) is 19.6. The Morgan fingerprint density at radius 2 is 1.97 bits per heavy atom. The van der Waals surface area contributed by atoms with E-state index in [1.807, 2.05) is 41.4 Å².